The fraction of sp³-hybridized carbons (Fsp3) is 0.160. The highest BCUT2D eigenvalue weighted by Crippen LogP contribution is 2.22. The molecular formula is C25H25N5O3S. The van der Waals surface area contributed by atoms with Crippen molar-refractivity contribution in [2.24, 2.45) is 0 Å². The number of anilines is 1. The lowest BCUT2D eigenvalue weighted by atomic mass is 10.1. The highest BCUT2D eigenvalue weighted by Gasteiger charge is 2.17. The highest BCUT2D eigenvalue weighted by molar-refractivity contribution is 7.92. The van der Waals surface area contributed by atoms with Crippen LogP contribution in [0, 0.1) is 13.8 Å². The SMILES string of the molecule is Cc1cccc(NS(=O)(=O)c2ccc(C(=O)NC(C)c3ccc(-n4cncn4)cc3)cc2)c1C. The third-order valence-electron chi connectivity index (χ3n) is 5.70. The van der Waals surface area contributed by atoms with Crippen molar-refractivity contribution in [3.63, 3.8) is 0 Å². The fourth-order valence-electron chi connectivity index (χ4n) is 3.47. The average Bonchev–Trinajstić information content (AvgIpc) is 3.37. The van der Waals surface area contributed by atoms with Crippen molar-refractivity contribution < 1.29 is 13.2 Å². The predicted molar refractivity (Wildman–Crippen MR) is 130 cm³/mol. The van der Waals surface area contributed by atoms with Gasteiger partial charge in [-0.2, -0.15) is 5.10 Å². The Kier molecular flexibility index (Phi) is 6.47. The average molecular weight is 476 g/mol. The summed E-state index contributed by atoms with van der Waals surface area (Å²) in [6.07, 6.45) is 3.08. The lowest BCUT2D eigenvalue weighted by Gasteiger charge is -2.15. The van der Waals surface area contributed by atoms with Gasteiger partial charge in [0.2, 0.25) is 0 Å². The number of benzene rings is 3. The molecule has 9 heteroatoms. The maximum atomic E-state index is 12.8. The molecule has 1 aromatic heterocycles. The summed E-state index contributed by atoms with van der Waals surface area (Å²) >= 11 is 0. The molecule has 8 nitrogen and oxygen atoms in total. The van der Waals surface area contributed by atoms with E-state index < -0.39 is 10.0 Å². The van der Waals surface area contributed by atoms with E-state index in [4.69, 9.17) is 0 Å². The largest absolute Gasteiger partial charge is 0.346 e. The number of hydrogen-bond donors (Lipinski definition) is 2. The van der Waals surface area contributed by atoms with Gasteiger partial charge in [0, 0.05) is 5.56 Å². The Morgan fingerprint density at radius 2 is 1.68 bits per heavy atom. The molecular weight excluding hydrogens is 450 g/mol. The van der Waals surface area contributed by atoms with E-state index in [0.717, 1.165) is 22.4 Å². The monoisotopic (exact) mass is 475 g/mol. The van der Waals surface area contributed by atoms with Crippen molar-refractivity contribution in [1.29, 1.82) is 0 Å². The second kappa shape index (κ2) is 9.48. The van der Waals surface area contributed by atoms with E-state index in [2.05, 4.69) is 20.1 Å². The maximum absolute atomic E-state index is 12.8. The van der Waals surface area contributed by atoms with E-state index in [9.17, 15) is 13.2 Å². The zero-order chi connectivity index (χ0) is 24.3. The number of amides is 1. The van der Waals surface area contributed by atoms with E-state index in [1.54, 1.807) is 23.1 Å². The van der Waals surface area contributed by atoms with Crippen LogP contribution in [-0.2, 0) is 10.0 Å². The molecule has 4 rings (SSSR count). The summed E-state index contributed by atoms with van der Waals surface area (Å²) in [5.74, 6) is -0.292. The lowest BCUT2D eigenvalue weighted by molar-refractivity contribution is 0.0940. The third kappa shape index (κ3) is 4.99. The van der Waals surface area contributed by atoms with Gasteiger partial charge in [-0.3, -0.25) is 9.52 Å². The van der Waals surface area contributed by atoms with Gasteiger partial charge in [0.15, 0.2) is 0 Å². The van der Waals surface area contributed by atoms with Gasteiger partial charge in [-0.05, 0) is 79.9 Å². The zero-order valence-corrected chi connectivity index (χ0v) is 19.9. The van der Waals surface area contributed by atoms with Gasteiger partial charge in [0.25, 0.3) is 15.9 Å². The molecule has 1 unspecified atom stereocenters. The molecule has 2 N–H and O–H groups in total. The molecule has 0 aliphatic heterocycles. The number of nitrogens with zero attached hydrogens (tertiary/aromatic N) is 3. The van der Waals surface area contributed by atoms with Crippen molar-refractivity contribution >= 4 is 21.6 Å². The molecule has 1 heterocycles. The van der Waals surface area contributed by atoms with Gasteiger partial charge in [0.05, 0.1) is 22.3 Å². The fourth-order valence-corrected chi connectivity index (χ4v) is 4.59. The lowest BCUT2D eigenvalue weighted by Crippen LogP contribution is -2.26. The maximum Gasteiger partial charge on any atom is 0.261 e. The third-order valence-corrected chi connectivity index (χ3v) is 7.08. The smallest absolute Gasteiger partial charge is 0.261 e. The van der Waals surface area contributed by atoms with Crippen molar-refractivity contribution in [2.45, 2.75) is 31.7 Å². The molecule has 1 atom stereocenters. The molecule has 174 valence electrons. The van der Waals surface area contributed by atoms with Crippen LogP contribution in [0.5, 0.6) is 0 Å². The topological polar surface area (TPSA) is 106 Å². The van der Waals surface area contributed by atoms with E-state index in [-0.39, 0.29) is 16.8 Å². The molecule has 34 heavy (non-hydrogen) atoms. The van der Waals surface area contributed by atoms with Crippen LogP contribution in [0.15, 0.2) is 84.3 Å². The van der Waals surface area contributed by atoms with Crippen LogP contribution in [0.25, 0.3) is 5.69 Å². The molecule has 0 saturated carbocycles. The second-order valence-corrected chi connectivity index (χ2v) is 9.69. The summed E-state index contributed by atoms with van der Waals surface area (Å²) in [5.41, 5.74) is 4.56. The summed E-state index contributed by atoms with van der Waals surface area (Å²) < 4.78 is 29.9. The Bertz CT molecular complexity index is 1400. The van der Waals surface area contributed by atoms with Crippen molar-refractivity contribution in [3.05, 3.63) is 102 Å². The van der Waals surface area contributed by atoms with Crippen LogP contribution >= 0.6 is 0 Å². The summed E-state index contributed by atoms with van der Waals surface area (Å²) in [5, 5.41) is 7.03. The molecule has 0 fully saturated rings. The molecule has 3 aromatic carbocycles. The minimum atomic E-state index is -3.78. The molecule has 0 bridgehead atoms. The Morgan fingerprint density at radius 3 is 2.32 bits per heavy atom. The number of carbonyl (C=O) groups excluding carboxylic acids is 1. The first-order valence-electron chi connectivity index (χ1n) is 10.7. The van der Waals surface area contributed by atoms with E-state index in [1.807, 2.05) is 51.1 Å². The molecule has 0 aliphatic carbocycles. The first-order chi connectivity index (χ1) is 16.2. The summed E-state index contributed by atoms with van der Waals surface area (Å²) in [4.78, 5) is 16.7. The van der Waals surface area contributed by atoms with Crippen molar-refractivity contribution in [3.8, 4) is 5.69 Å². The Labute approximate surface area is 198 Å². The van der Waals surface area contributed by atoms with Crippen LogP contribution < -0.4 is 10.0 Å². The molecule has 0 spiro atoms. The number of aryl methyl sites for hydroxylation is 1. The number of carbonyl (C=O) groups is 1. The van der Waals surface area contributed by atoms with Crippen LogP contribution in [-0.4, -0.2) is 29.1 Å². The normalized spacial score (nSPS) is 12.2. The van der Waals surface area contributed by atoms with Gasteiger partial charge in [-0.25, -0.2) is 18.1 Å². The number of sulfonamides is 1. The van der Waals surface area contributed by atoms with Crippen LogP contribution in [0.3, 0.4) is 0 Å². The Balaban J connectivity index is 1.43. The molecule has 0 aliphatic rings. The Hall–Kier alpha value is -3.98. The van der Waals surface area contributed by atoms with Gasteiger partial charge >= 0.3 is 0 Å². The molecule has 1 amide bonds. The quantitative estimate of drug-likeness (QED) is 0.417. The van der Waals surface area contributed by atoms with Gasteiger partial charge in [0.1, 0.15) is 12.7 Å². The number of hydrogen-bond acceptors (Lipinski definition) is 5. The van der Waals surface area contributed by atoms with Crippen molar-refractivity contribution in [2.75, 3.05) is 4.72 Å². The summed E-state index contributed by atoms with van der Waals surface area (Å²) in [7, 11) is -3.78. The summed E-state index contributed by atoms with van der Waals surface area (Å²) in [6.45, 7) is 5.67. The van der Waals surface area contributed by atoms with Crippen LogP contribution in [0.4, 0.5) is 5.69 Å². The molecule has 0 radical (unpaired) electrons. The van der Waals surface area contributed by atoms with Gasteiger partial charge in [-0.1, -0.05) is 24.3 Å². The Morgan fingerprint density at radius 1 is 0.971 bits per heavy atom. The zero-order valence-electron chi connectivity index (χ0n) is 19.1. The van der Waals surface area contributed by atoms with Crippen LogP contribution in [0.2, 0.25) is 0 Å². The number of rotatable bonds is 7. The van der Waals surface area contributed by atoms with Crippen LogP contribution in [0.1, 0.15) is 40.0 Å². The molecule has 0 saturated heterocycles. The standard InChI is InChI=1S/C25H25N5O3S/c1-17-5-4-6-24(18(17)2)29-34(32,33)23-13-9-21(10-14-23)25(31)28-19(3)20-7-11-22(12-8-20)30-16-26-15-27-30/h4-16,19,29H,1-3H3,(H,28,31). The van der Waals surface area contributed by atoms with Crippen molar-refractivity contribution in [1.82, 2.24) is 20.1 Å². The second-order valence-electron chi connectivity index (χ2n) is 8.00. The first kappa shape index (κ1) is 23.2. The first-order valence-corrected chi connectivity index (χ1v) is 12.2. The van der Waals surface area contributed by atoms with E-state index in [1.165, 1.54) is 30.6 Å². The van der Waals surface area contributed by atoms with Gasteiger partial charge < -0.3 is 5.32 Å². The minimum Gasteiger partial charge on any atom is -0.346 e. The number of aromatic nitrogens is 3. The predicted octanol–water partition coefficient (Wildman–Crippen LogP) is 4.18. The van der Waals surface area contributed by atoms with E-state index >= 15 is 0 Å². The highest BCUT2D eigenvalue weighted by atomic mass is 32.2. The van der Waals surface area contributed by atoms with E-state index in [0.29, 0.717) is 11.3 Å². The minimum absolute atomic E-state index is 0.0849. The molecule has 4 aromatic rings. The summed E-state index contributed by atoms with van der Waals surface area (Å²) in [6, 6.07) is 18.7. The van der Waals surface area contributed by atoms with Gasteiger partial charge in [-0.15, -0.1) is 0 Å². The number of nitrogens with one attached hydrogen (secondary N) is 2.